The fraction of sp³-hybridized carbons (Fsp3) is 0.562. The molecule has 0 bridgehead atoms. The SMILES string of the molecule is CN1CCN(CCCC(C)(C)C(=O)O)c2ccccc21. The average Bonchev–Trinajstić information content (AvgIpc) is 2.41. The molecule has 4 heteroatoms. The molecule has 4 nitrogen and oxygen atoms in total. The summed E-state index contributed by atoms with van der Waals surface area (Å²) in [6.07, 6.45) is 1.61. The lowest BCUT2D eigenvalue weighted by atomic mass is 9.88. The van der Waals surface area contributed by atoms with Crippen molar-refractivity contribution in [2.24, 2.45) is 5.41 Å². The molecule has 0 atom stereocenters. The van der Waals surface area contributed by atoms with E-state index in [1.165, 1.54) is 11.4 Å². The highest BCUT2D eigenvalue weighted by molar-refractivity contribution is 5.74. The highest BCUT2D eigenvalue weighted by Gasteiger charge is 2.27. The first-order chi connectivity index (χ1) is 9.42. The number of carbonyl (C=O) groups is 1. The number of anilines is 2. The first-order valence-electron chi connectivity index (χ1n) is 7.20. The number of rotatable bonds is 5. The minimum atomic E-state index is -0.712. The van der Waals surface area contributed by atoms with E-state index in [4.69, 9.17) is 5.11 Å². The molecule has 1 heterocycles. The van der Waals surface area contributed by atoms with Crippen molar-refractivity contribution in [3.8, 4) is 0 Å². The van der Waals surface area contributed by atoms with E-state index in [1.54, 1.807) is 13.8 Å². The number of aliphatic carboxylic acids is 1. The van der Waals surface area contributed by atoms with Crippen LogP contribution in [-0.2, 0) is 4.79 Å². The van der Waals surface area contributed by atoms with Gasteiger partial charge in [0, 0.05) is 26.7 Å². The summed E-state index contributed by atoms with van der Waals surface area (Å²) in [7, 11) is 2.11. The number of carboxylic acids is 1. The third-order valence-corrected chi connectivity index (χ3v) is 4.15. The number of fused-ring (bicyclic) bond motifs is 1. The summed E-state index contributed by atoms with van der Waals surface area (Å²) < 4.78 is 0. The van der Waals surface area contributed by atoms with Crippen LogP contribution in [0.1, 0.15) is 26.7 Å². The number of likely N-dealkylation sites (N-methyl/N-ethyl adjacent to an activating group) is 1. The van der Waals surface area contributed by atoms with Gasteiger partial charge in [0.1, 0.15) is 0 Å². The molecule has 1 aliphatic heterocycles. The first-order valence-corrected chi connectivity index (χ1v) is 7.20. The molecule has 2 rings (SSSR count). The van der Waals surface area contributed by atoms with Crippen molar-refractivity contribution in [2.75, 3.05) is 36.5 Å². The minimum absolute atomic E-state index is 0.633. The van der Waals surface area contributed by atoms with Crippen LogP contribution in [-0.4, -0.2) is 37.8 Å². The van der Waals surface area contributed by atoms with Crippen LogP contribution in [0, 0.1) is 5.41 Å². The summed E-state index contributed by atoms with van der Waals surface area (Å²) in [6, 6.07) is 8.41. The van der Waals surface area contributed by atoms with Gasteiger partial charge in [-0.2, -0.15) is 0 Å². The molecule has 20 heavy (non-hydrogen) atoms. The van der Waals surface area contributed by atoms with Gasteiger partial charge in [-0.15, -0.1) is 0 Å². The van der Waals surface area contributed by atoms with E-state index in [0.717, 1.165) is 26.1 Å². The molecule has 1 aromatic carbocycles. The molecule has 0 saturated carbocycles. The van der Waals surface area contributed by atoms with Gasteiger partial charge in [0.05, 0.1) is 16.8 Å². The molecule has 110 valence electrons. The summed E-state index contributed by atoms with van der Waals surface area (Å²) in [4.78, 5) is 15.8. The summed E-state index contributed by atoms with van der Waals surface area (Å²) in [6.45, 7) is 6.53. The number of para-hydroxylation sites is 2. The molecule has 0 saturated heterocycles. The van der Waals surface area contributed by atoms with Crippen LogP contribution in [0.3, 0.4) is 0 Å². The Morgan fingerprint density at radius 2 is 1.90 bits per heavy atom. The molecule has 0 unspecified atom stereocenters. The fourth-order valence-electron chi connectivity index (χ4n) is 2.62. The predicted molar refractivity (Wildman–Crippen MR) is 82.6 cm³/mol. The van der Waals surface area contributed by atoms with E-state index in [1.807, 2.05) is 0 Å². The molecule has 1 aromatic rings. The van der Waals surface area contributed by atoms with Gasteiger partial charge < -0.3 is 14.9 Å². The lowest BCUT2D eigenvalue weighted by Crippen LogP contribution is -2.40. The van der Waals surface area contributed by atoms with E-state index in [0.29, 0.717) is 6.42 Å². The van der Waals surface area contributed by atoms with Crippen molar-refractivity contribution in [3.63, 3.8) is 0 Å². The summed E-state index contributed by atoms with van der Waals surface area (Å²) in [5.41, 5.74) is 1.89. The minimum Gasteiger partial charge on any atom is -0.481 e. The highest BCUT2D eigenvalue weighted by atomic mass is 16.4. The number of nitrogens with zero attached hydrogens (tertiary/aromatic N) is 2. The van der Waals surface area contributed by atoms with E-state index >= 15 is 0 Å². The second-order valence-corrected chi connectivity index (χ2v) is 6.19. The lowest BCUT2D eigenvalue weighted by molar-refractivity contribution is -0.147. The Kier molecular flexibility index (Phi) is 4.21. The lowest BCUT2D eigenvalue weighted by Gasteiger charge is -2.37. The average molecular weight is 276 g/mol. The maximum Gasteiger partial charge on any atom is 0.309 e. The van der Waals surface area contributed by atoms with Crippen LogP contribution in [0.15, 0.2) is 24.3 Å². The molecule has 1 aliphatic rings. The van der Waals surface area contributed by atoms with Gasteiger partial charge in [-0.3, -0.25) is 4.79 Å². The van der Waals surface area contributed by atoms with Gasteiger partial charge in [0.25, 0.3) is 0 Å². The van der Waals surface area contributed by atoms with Gasteiger partial charge in [-0.1, -0.05) is 12.1 Å². The number of carboxylic acid groups (broad SMARTS) is 1. The van der Waals surface area contributed by atoms with Gasteiger partial charge in [-0.05, 0) is 38.8 Å². The molecular formula is C16H24N2O2. The summed E-state index contributed by atoms with van der Waals surface area (Å²) in [5.74, 6) is -0.712. The Labute approximate surface area is 121 Å². The zero-order chi connectivity index (χ0) is 14.8. The van der Waals surface area contributed by atoms with Gasteiger partial charge in [0.2, 0.25) is 0 Å². The normalized spacial score (nSPS) is 15.2. The van der Waals surface area contributed by atoms with Gasteiger partial charge >= 0.3 is 5.97 Å². The molecule has 0 radical (unpaired) electrons. The van der Waals surface area contributed by atoms with Crippen molar-refractivity contribution >= 4 is 17.3 Å². The largest absolute Gasteiger partial charge is 0.481 e. The van der Waals surface area contributed by atoms with Crippen LogP contribution in [0.5, 0.6) is 0 Å². The third-order valence-electron chi connectivity index (χ3n) is 4.15. The maximum absolute atomic E-state index is 11.1. The van der Waals surface area contributed by atoms with Crippen LogP contribution >= 0.6 is 0 Å². The van der Waals surface area contributed by atoms with Crippen molar-refractivity contribution in [1.29, 1.82) is 0 Å². The molecule has 1 N–H and O–H groups in total. The third kappa shape index (κ3) is 3.06. The molecule has 0 amide bonds. The monoisotopic (exact) mass is 276 g/mol. The molecule has 0 spiro atoms. The van der Waals surface area contributed by atoms with Crippen molar-refractivity contribution in [1.82, 2.24) is 0 Å². The Morgan fingerprint density at radius 1 is 1.25 bits per heavy atom. The smallest absolute Gasteiger partial charge is 0.309 e. The van der Waals surface area contributed by atoms with Gasteiger partial charge in [-0.25, -0.2) is 0 Å². The highest BCUT2D eigenvalue weighted by Crippen LogP contribution is 2.32. The first kappa shape index (κ1) is 14.7. The van der Waals surface area contributed by atoms with E-state index < -0.39 is 11.4 Å². The second kappa shape index (κ2) is 5.73. The Morgan fingerprint density at radius 3 is 2.55 bits per heavy atom. The van der Waals surface area contributed by atoms with Crippen LogP contribution in [0.2, 0.25) is 0 Å². The van der Waals surface area contributed by atoms with Crippen molar-refractivity contribution in [2.45, 2.75) is 26.7 Å². The number of benzene rings is 1. The predicted octanol–water partition coefficient (Wildman–Crippen LogP) is 2.83. The van der Waals surface area contributed by atoms with Crippen LogP contribution in [0.4, 0.5) is 11.4 Å². The molecule has 0 aliphatic carbocycles. The zero-order valence-electron chi connectivity index (χ0n) is 12.6. The van der Waals surface area contributed by atoms with Crippen LogP contribution in [0.25, 0.3) is 0 Å². The quantitative estimate of drug-likeness (QED) is 0.898. The molecule has 0 aromatic heterocycles. The van der Waals surface area contributed by atoms with E-state index in [9.17, 15) is 4.79 Å². The summed E-state index contributed by atoms with van der Waals surface area (Å²) in [5, 5.41) is 9.15. The maximum atomic E-state index is 11.1. The molecule has 0 fully saturated rings. The summed E-state index contributed by atoms with van der Waals surface area (Å²) >= 11 is 0. The van der Waals surface area contributed by atoms with Crippen molar-refractivity contribution < 1.29 is 9.90 Å². The van der Waals surface area contributed by atoms with E-state index in [2.05, 4.69) is 41.1 Å². The second-order valence-electron chi connectivity index (χ2n) is 6.19. The van der Waals surface area contributed by atoms with Gasteiger partial charge in [0.15, 0.2) is 0 Å². The van der Waals surface area contributed by atoms with E-state index in [-0.39, 0.29) is 0 Å². The Bertz CT molecular complexity index is 485. The Hall–Kier alpha value is -1.71. The van der Waals surface area contributed by atoms with Crippen molar-refractivity contribution in [3.05, 3.63) is 24.3 Å². The number of hydrogen-bond acceptors (Lipinski definition) is 3. The molecular weight excluding hydrogens is 252 g/mol. The van der Waals surface area contributed by atoms with Crippen LogP contribution < -0.4 is 9.80 Å². The number of hydrogen-bond donors (Lipinski definition) is 1. The topological polar surface area (TPSA) is 43.8 Å². The standard InChI is InChI=1S/C16H24N2O2/c1-16(2,15(19)20)9-6-10-18-12-11-17(3)13-7-4-5-8-14(13)18/h4-5,7-8H,6,9-12H2,1-3H3,(H,19,20). The Balaban J connectivity index is 1.98. The zero-order valence-corrected chi connectivity index (χ0v) is 12.6. The fourth-order valence-corrected chi connectivity index (χ4v) is 2.62.